The lowest BCUT2D eigenvalue weighted by molar-refractivity contribution is -0.148. The minimum Gasteiger partial charge on any atom is -0.494 e. The van der Waals surface area contributed by atoms with E-state index in [1.54, 1.807) is 0 Å². The van der Waals surface area contributed by atoms with E-state index in [-0.39, 0.29) is 43.4 Å². The molecule has 1 fully saturated rings. The summed E-state index contributed by atoms with van der Waals surface area (Å²) >= 11 is 0. The molecule has 1 aromatic rings. The van der Waals surface area contributed by atoms with Crippen LogP contribution in [0.1, 0.15) is 16.8 Å². The minimum atomic E-state index is -0.987. The fourth-order valence-corrected chi connectivity index (χ4v) is 2.83. The average molecular weight is 340 g/mol. The van der Waals surface area contributed by atoms with Crippen LogP contribution < -0.4 is 10.5 Å². The van der Waals surface area contributed by atoms with Crippen molar-refractivity contribution >= 4 is 11.8 Å². The van der Waals surface area contributed by atoms with E-state index in [1.165, 1.54) is 31.3 Å². The third-order valence-electron chi connectivity index (χ3n) is 3.84. The average Bonchev–Trinajstić information content (AvgIpc) is 2.53. The van der Waals surface area contributed by atoms with Gasteiger partial charge in [0, 0.05) is 19.2 Å². The Bertz CT molecular complexity index is 620. The first kappa shape index (κ1) is 18.2. The number of rotatable bonds is 6. The van der Waals surface area contributed by atoms with Gasteiger partial charge in [0.05, 0.1) is 33.3 Å². The normalized spacial score (nSPS) is 20.7. The number of carbonyl (C=O) groups excluding carboxylic acids is 2. The zero-order valence-corrected chi connectivity index (χ0v) is 13.7. The van der Waals surface area contributed by atoms with Gasteiger partial charge in [-0.3, -0.25) is 9.59 Å². The first-order valence-corrected chi connectivity index (χ1v) is 7.45. The quantitative estimate of drug-likeness (QED) is 0.817. The number of halogens is 1. The number of amides is 2. The molecule has 0 bridgehead atoms. The van der Waals surface area contributed by atoms with Gasteiger partial charge in [0.25, 0.3) is 5.91 Å². The second-order valence-corrected chi connectivity index (χ2v) is 5.68. The smallest absolute Gasteiger partial charge is 0.254 e. The maximum Gasteiger partial charge on any atom is 0.254 e. The summed E-state index contributed by atoms with van der Waals surface area (Å²) in [6, 6.07) is 4.02. The number of methoxy groups -OCH3 is 2. The van der Waals surface area contributed by atoms with Crippen molar-refractivity contribution in [1.29, 1.82) is 0 Å². The second kappa shape index (κ2) is 7.59. The van der Waals surface area contributed by atoms with E-state index < -0.39 is 17.3 Å². The molecule has 0 radical (unpaired) electrons. The Labute approximate surface area is 139 Å². The van der Waals surface area contributed by atoms with Crippen LogP contribution in [-0.4, -0.2) is 62.8 Å². The number of morpholine rings is 1. The molecule has 0 aliphatic carbocycles. The molecule has 2 amide bonds. The van der Waals surface area contributed by atoms with Crippen molar-refractivity contribution < 1.29 is 28.2 Å². The molecule has 0 unspecified atom stereocenters. The zero-order chi connectivity index (χ0) is 17.7. The van der Waals surface area contributed by atoms with Gasteiger partial charge < -0.3 is 24.8 Å². The van der Waals surface area contributed by atoms with Gasteiger partial charge >= 0.3 is 0 Å². The SMILES string of the molecule is COC[C@@]1(CC(N)=O)CN(C(=O)c2ccc(OC)c(F)c2)CCO1. The number of primary amides is 1. The van der Waals surface area contributed by atoms with Gasteiger partial charge in [-0.1, -0.05) is 0 Å². The first-order chi connectivity index (χ1) is 11.4. The van der Waals surface area contributed by atoms with E-state index in [0.717, 1.165) is 6.07 Å². The van der Waals surface area contributed by atoms with Crippen molar-refractivity contribution in [3.8, 4) is 5.75 Å². The Kier molecular flexibility index (Phi) is 5.74. The number of nitrogens with two attached hydrogens (primary N) is 1. The lowest BCUT2D eigenvalue weighted by Gasteiger charge is -2.41. The summed E-state index contributed by atoms with van der Waals surface area (Å²) in [6.07, 6.45) is -0.0679. The highest BCUT2D eigenvalue weighted by atomic mass is 19.1. The molecule has 1 aromatic carbocycles. The van der Waals surface area contributed by atoms with E-state index in [2.05, 4.69) is 0 Å². The van der Waals surface area contributed by atoms with E-state index in [4.69, 9.17) is 19.9 Å². The molecular weight excluding hydrogens is 319 g/mol. The van der Waals surface area contributed by atoms with Gasteiger partial charge in [0.1, 0.15) is 5.60 Å². The third-order valence-corrected chi connectivity index (χ3v) is 3.84. The van der Waals surface area contributed by atoms with Gasteiger partial charge in [-0.2, -0.15) is 0 Å². The largest absolute Gasteiger partial charge is 0.494 e. The lowest BCUT2D eigenvalue weighted by atomic mass is 9.97. The van der Waals surface area contributed by atoms with Crippen molar-refractivity contribution in [2.75, 3.05) is 40.5 Å². The minimum absolute atomic E-state index is 0.0657. The van der Waals surface area contributed by atoms with E-state index in [0.29, 0.717) is 6.54 Å². The monoisotopic (exact) mass is 340 g/mol. The highest BCUT2D eigenvalue weighted by Crippen LogP contribution is 2.25. The molecule has 1 aliphatic heterocycles. The number of benzene rings is 1. The highest BCUT2D eigenvalue weighted by Gasteiger charge is 2.40. The Balaban J connectivity index is 2.19. The molecule has 0 aromatic heterocycles. The highest BCUT2D eigenvalue weighted by molar-refractivity contribution is 5.94. The predicted octanol–water partition coefficient (Wildman–Crippen LogP) is 0.567. The van der Waals surface area contributed by atoms with Crippen molar-refractivity contribution in [2.24, 2.45) is 5.73 Å². The maximum atomic E-state index is 13.8. The Morgan fingerprint density at radius 3 is 2.75 bits per heavy atom. The van der Waals surface area contributed by atoms with Gasteiger partial charge in [0.2, 0.25) is 5.91 Å². The molecule has 1 aliphatic rings. The Morgan fingerprint density at radius 1 is 1.42 bits per heavy atom. The fraction of sp³-hybridized carbons (Fsp3) is 0.500. The molecule has 24 heavy (non-hydrogen) atoms. The van der Waals surface area contributed by atoms with Crippen LogP contribution in [0.3, 0.4) is 0 Å². The first-order valence-electron chi connectivity index (χ1n) is 7.45. The summed E-state index contributed by atoms with van der Waals surface area (Å²) < 4.78 is 29.5. The molecule has 132 valence electrons. The van der Waals surface area contributed by atoms with Crippen LogP contribution in [0.15, 0.2) is 18.2 Å². The second-order valence-electron chi connectivity index (χ2n) is 5.68. The molecule has 1 atom stereocenters. The zero-order valence-electron chi connectivity index (χ0n) is 13.7. The Hall–Kier alpha value is -2.19. The summed E-state index contributed by atoms with van der Waals surface area (Å²) in [5.41, 5.74) is 4.49. The van der Waals surface area contributed by atoms with Crippen LogP contribution >= 0.6 is 0 Å². The summed E-state index contributed by atoms with van der Waals surface area (Å²) in [5.74, 6) is -1.45. The van der Waals surface area contributed by atoms with Crippen LogP contribution in [0.4, 0.5) is 4.39 Å². The topological polar surface area (TPSA) is 91.1 Å². The van der Waals surface area contributed by atoms with Crippen molar-refractivity contribution in [2.45, 2.75) is 12.0 Å². The van der Waals surface area contributed by atoms with Gasteiger partial charge in [-0.25, -0.2) is 4.39 Å². The molecule has 8 heteroatoms. The summed E-state index contributed by atoms with van der Waals surface area (Å²) in [7, 11) is 2.83. The Morgan fingerprint density at radius 2 is 2.17 bits per heavy atom. The molecule has 1 saturated heterocycles. The number of hydrogen-bond donors (Lipinski definition) is 1. The third kappa shape index (κ3) is 4.01. The summed E-state index contributed by atoms with van der Waals surface area (Å²) in [4.78, 5) is 25.5. The van der Waals surface area contributed by atoms with E-state index in [1.807, 2.05) is 0 Å². The fourth-order valence-electron chi connectivity index (χ4n) is 2.83. The standard InChI is InChI=1S/C16H21FN2O5/c1-22-10-16(8-14(18)20)9-19(5-6-24-16)15(21)11-3-4-13(23-2)12(17)7-11/h3-4,7H,5-6,8-10H2,1-2H3,(H2,18,20)/t16-/m1/s1. The van der Waals surface area contributed by atoms with Crippen molar-refractivity contribution in [3.05, 3.63) is 29.6 Å². The number of hydrogen-bond acceptors (Lipinski definition) is 5. The number of ether oxygens (including phenoxy) is 3. The summed E-state index contributed by atoms with van der Waals surface area (Å²) in [5, 5.41) is 0. The molecule has 0 saturated carbocycles. The molecule has 2 rings (SSSR count). The molecule has 2 N–H and O–H groups in total. The molecular formula is C16H21FN2O5. The van der Waals surface area contributed by atoms with Crippen molar-refractivity contribution in [1.82, 2.24) is 4.90 Å². The van der Waals surface area contributed by atoms with Crippen LogP contribution in [0, 0.1) is 5.82 Å². The number of carbonyl (C=O) groups is 2. The lowest BCUT2D eigenvalue weighted by Crippen LogP contribution is -2.57. The van der Waals surface area contributed by atoms with Crippen LogP contribution in [-0.2, 0) is 14.3 Å². The maximum absolute atomic E-state index is 13.8. The molecule has 7 nitrogen and oxygen atoms in total. The molecule has 1 heterocycles. The van der Waals surface area contributed by atoms with Gasteiger partial charge in [0.15, 0.2) is 11.6 Å². The van der Waals surface area contributed by atoms with Gasteiger partial charge in [-0.15, -0.1) is 0 Å². The van der Waals surface area contributed by atoms with Crippen LogP contribution in [0.2, 0.25) is 0 Å². The van der Waals surface area contributed by atoms with Crippen molar-refractivity contribution in [3.63, 3.8) is 0 Å². The van der Waals surface area contributed by atoms with E-state index in [9.17, 15) is 14.0 Å². The van der Waals surface area contributed by atoms with Crippen LogP contribution in [0.25, 0.3) is 0 Å². The predicted molar refractivity (Wildman–Crippen MR) is 83.2 cm³/mol. The van der Waals surface area contributed by atoms with Crippen LogP contribution in [0.5, 0.6) is 5.75 Å². The van der Waals surface area contributed by atoms with E-state index >= 15 is 0 Å². The number of nitrogens with zero attached hydrogens (tertiary/aromatic N) is 1. The molecule has 0 spiro atoms. The van der Waals surface area contributed by atoms with Gasteiger partial charge in [-0.05, 0) is 18.2 Å². The summed E-state index contributed by atoms with van der Waals surface area (Å²) in [6.45, 7) is 0.824.